The summed E-state index contributed by atoms with van der Waals surface area (Å²) in [6.45, 7) is 16.6. The van der Waals surface area contributed by atoms with Crippen LogP contribution in [0.5, 0.6) is 0 Å². The van der Waals surface area contributed by atoms with E-state index in [0.29, 0.717) is 0 Å². The molecule has 2 aliphatic heterocycles. The fraction of sp³-hybridized carbons (Fsp3) is 0.0619. The largest absolute Gasteiger partial charge is 0.135 e. The van der Waals surface area contributed by atoms with Gasteiger partial charge in [0, 0.05) is 20.2 Å². The van der Waals surface area contributed by atoms with Crippen LogP contribution in [0.2, 0.25) is 26.2 Å². The lowest BCUT2D eigenvalue weighted by atomic mass is 9.84. The Bertz CT molecular complexity index is 7590. The Hall–Kier alpha value is -13.1. The van der Waals surface area contributed by atoms with Crippen molar-refractivity contribution in [1.82, 2.24) is 0 Å². The first-order chi connectivity index (χ1) is 56.8. The highest BCUT2D eigenvalue weighted by atomic mass is 32.1. The number of thiophene rings is 1. The van der Waals surface area contributed by atoms with Crippen molar-refractivity contribution in [2.45, 2.75) is 47.0 Å². The highest BCUT2D eigenvalue weighted by Gasteiger charge is 2.39. The van der Waals surface area contributed by atoms with Crippen LogP contribution in [0.1, 0.15) is 16.7 Å². The van der Waals surface area contributed by atoms with E-state index >= 15 is 0 Å². The molecule has 3 heteroatoms. The minimum absolute atomic E-state index is 1.24. The summed E-state index contributed by atoms with van der Waals surface area (Å²) in [5, 5.41) is 27.1. The smallest absolute Gasteiger partial charge is 0.113 e. The zero-order valence-corrected chi connectivity index (χ0v) is 69.1. The topological polar surface area (TPSA) is 0 Å². The van der Waals surface area contributed by atoms with Gasteiger partial charge in [0.1, 0.15) is 16.1 Å². The first-order valence-electron chi connectivity index (χ1n) is 40.8. The SMILES string of the molecule is Cc1ccc2c(-c3ccc(-c4ccccc4)cc3)c3ccccc3c(-c3ccc4sc5ccccc5c4c3)c2c1.Cc1ccc2c(-c3ccc4ccccc4c3)c3ccccc3c(-c3ccc4c(c3)-c3ccccc3[Si]4(C)C)c2c1.Cc1ccc2c(-c3ccccc3)c3ccccc3c(-c3ccc4c(c3)-c3ccccc3[Si]4(C)C)c2c1. The van der Waals surface area contributed by atoms with Crippen LogP contribution in [0.4, 0.5) is 0 Å². The van der Waals surface area contributed by atoms with Crippen LogP contribution in [0.3, 0.4) is 0 Å². The third-order valence-electron chi connectivity index (χ3n) is 25.3. The van der Waals surface area contributed by atoms with E-state index in [9.17, 15) is 0 Å². The van der Waals surface area contributed by atoms with E-state index in [-0.39, 0.29) is 0 Å². The van der Waals surface area contributed by atoms with Gasteiger partial charge >= 0.3 is 0 Å². The summed E-state index contributed by atoms with van der Waals surface area (Å²) in [5.74, 6) is 0. The molecule has 0 unspecified atom stereocenters. The van der Waals surface area contributed by atoms with Gasteiger partial charge in [0.15, 0.2) is 0 Å². The van der Waals surface area contributed by atoms with Crippen molar-refractivity contribution >= 4 is 144 Å². The Morgan fingerprint density at radius 3 is 0.957 bits per heavy atom. The molecule has 0 spiro atoms. The molecule has 0 fully saturated rings. The molecule has 0 bridgehead atoms. The summed E-state index contributed by atoms with van der Waals surface area (Å²) in [5.41, 5.74) is 27.6. The molecule has 116 heavy (non-hydrogen) atoms. The summed E-state index contributed by atoms with van der Waals surface area (Å²) in [6.07, 6.45) is 0. The monoisotopic (exact) mass is 1530 g/mol. The van der Waals surface area contributed by atoms with Crippen molar-refractivity contribution in [3.05, 3.63) is 399 Å². The summed E-state index contributed by atoms with van der Waals surface area (Å²) >= 11 is 1.87. The fourth-order valence-corrected chi connectivity index (χ4v) is 27.0. The Labute approximate surface area is 684 Å². The molecule has 0 aliphatic carbocycles. The third kappa shape index (κ3) is 11.7. The van der Waals surface area contributed by atoms with E-state index < -0.39 is 16.1 Å². The van der Waals surface area contributed by atoms with Crippen LogP contribution in [-0.4, -0.2) is 16.1 Å². The molecule has 550 valence electrons. The van der Waals surface area contributed by atoms with Gasteiger partial charge in [-0.25, -0.2) is 0 Å². The molecule has 23 rings (SSSR count). The average Bonchev–Trinajstić information content (AvgIpc) is 1.21. The number of benzene rings is 20. The highest BCUT2D eigenvalue weighted by molar-refractivity contribution is 7.25. The predicted octanol–water partition coefficient (Wildman–Crippen LogP) is 29.7. The molecular weight excluding hydrogens is 1450 g/mol. The summed E-state index contributed by atoms with van der Waals surface area (Å²) in [6, 6.07) is 142. The van der Waals surface area contributed by atoms with E-state index in [1.54, 1.807) is 20.7 Å². The lowest BCUT2D eigenvalue weighted by Crippen LogP contribution is -2.49. The number of aryl methyl sites for hydroxylation is 3. The number of fused-ring (bicyclic) bond motifs is 16. The van der Waals surface area contributed by atoms with Crippen molar-refractivity contribution in [1.29, 1.82) is 0 Å². The zero-order chi connectivity index (χ0) is 78.1. The van der Waals surface area contributed by atoms with Crippen LogP contribution < -0.4 is 20.7 Å². The van der Waals surface area contributed by atoms with Gasteiger partial charge in [-0.3, -0.25) is 0 Å². The quantitative estimate of drug-likeness (QED) is 0.110. The number of hydrogen-bond acceptors (Lipinski definition) is 1. The van der Waals surface area contributed by atoms with Crippen LogP contribution in [0.25, 0.3) is 196 Å². The van der Waals surface area contributed by atoms with Gasteiger partial charge in [-0.15, -0.1) is 11.3 Å². The van der Waals surface area contributed by atoms with Crippen molar-refractivity contribution in [2.24, 2.45) is 0 Å². The summed E-state index contributed by atoms with van der Waals surface area (Å²) in [4.78, 5) is 0. The molecule has 21 aromatic rings. The van der Waals surface area contributed by atoms with E-state index in [2.05, 4.69) is 429 Å². The molecule has 0 amide bonds. The maximum atomic E-state index is 2.49. The molecule has 3 heterocycles. The Balaban J connectivity index is 0.000000109. The minimum Gasteiger partial charge on any atom is -0.135 e. The molecule has 0 N–H and O–H groups in total. The molecule has 0 saturated heterocycles. The predicted molar refractivity (Wildman–Crippen MR) is 511 cm³/mol. The van der Waals surface area contributed by atoms with E-state index in [4.69, 9.17) is 0 Å². The van der Waals surface area contributed by atoms with E-state index in [0.717, 1.165) is 0 Å². The van der Waals surface area contributed by atoms with Crippen LogP contribution >= 0.6 is 11.3 Å². The molecule has 0 radical (unpaired) electrons. The number of rotatable bonds is 7. The van der Waals surface area contributed by atoms with Gasteiger partial charge in [-0.2, -0.15) is 0 Å². The van der Waals surface area contributed by atoms with Gasteiger partial charge in [-0.05, 0) is 253 Å². The highest BCUT2D eigenvalue weighted by Crippen LogP contribution is 2.50. The molecule has 0 atom stereocenters. The van der Waals surface area contributed by atoms with Gasteiger partial charge in [0.25, 0.3) is 0 Å². The lowest BCUT2D eigenvalue weighted by molar-refractivity contribution is 1.51. The number of hydrogen-bond donors (Lipinski definition) is 0. The van der Waals surface area contributed by atoms with Crippen molar-refractivity contribution in [2.75, 3.05) is 0 Å². The third-order valence-corrected chi connectivity index (χ3v) is 33.6. The van der Waals surface area contributed by atoms with E-state index in [1.807, 2.05) is 11.3 Å². The molecular formula is C113H84SSi2. The summed E-state index contributed by atoms with van der Waals surface area (Å²) < 4.78 is 2.68. The van der Waals surface area contributed by atoms with Gasteiger partial charge < -0.3 is 0 Å². The second-order valence-corrected chi connectivity index (χ2v) is 42.8. The lowest BCUT2D eigenvalue weighted by Gasteiger charge is -2.20. The second kappa shape index (κ2) is 28.2. The maximum Gasteiger partial charge on any atom is 0.113 e. The molecule has 1 aromatic heterocycles. The standard InChI is InChI=1S/C39H26S.C39H30Si.C35H28Si/c1-25-15-21-33-35(23-25)39(29-20-22-37-34(24-29)30-11-7-8-14-36(30)40-37)32-13-6-5-12-31(32)38(33)28-18-16-27(17-19-28)26-9-3-2-4-10-26;1-25-16-20-33-35(22-25)39(29-19-21-37-34(24-29)30-12-8-9-15-36(30)40(37,2)3)32-14-7-6-13-31(32)38(33)28-18-17-26-10-4-5-11-27(26)23-28;1-23-17-19-29-31(21-23)35(28-15-8-7-14-27(28)34(29)24-11-5-4-6-12-24)25-18-20-33-30(22-25)26-13-9-10-16-32(26)36(33,2)3/h2-24H,1H3;4-24H,1-3H3;4-22H,1-3H3. The Morgan fingerprint density at radius 1 is 0.172 bits per heavy atom. The van der Waals surface area contributed by atoms with Crippen LogP contribution in [0, 0.1) is 20.8 Å². The van der Waals surface area contributed by atoms with Crippen LogP contribution in [-0.2, 0) is 0 Å². The molecule has 20 aromatic carbocycles. The van der Waals surface area contributed by atoms with Gasteiger partial charge in [-0.1, -0.05) is 389 Å². The minimum atomic E-state index is -1.70. The zero-order valence-electron chi connectivity index (χ0n) is 66.3. The molecule has 0 saturated carbocycles. The molecule has 2 aliphatic rings. The first-order valence-corrected chi connectivity index (χ1v) is 47.6. The van der Waals surface area contributed by atoms with Crippen LogP contribution in [0.15, 0.2) is 382 Å². The van der Waals surface area contributed by atoms with Crippen molar-refractivity contribution in [3.63, 3.8) is 0 Å². The van der Waals surface area contributed by atoms with Gasteiger partial charge in [0.05, 0.1) is 0 Å². The van der Waals surface area contributed by atoms with Gasteiger partial charge in [0.2, 0.25) is 0 Å². The Morgan fingerprint density at radius 2 is 0.474 bits per heavy atom. The molecule has 0 nitrogen and oxygen atoms in total. The average molecular weight is 1530 g/mol. The van der Waals surface area contributed by atoms with E-state index in [1.165, 1.54) is 212 Å². The summed E-state index contributed by atoms with van der Waals surface area (Å²) in [7, 11) is -3.37. The normalized spacial score (nSPS) is 12.9. The van der Waals surface area contributed by atoms with Crippen molar-refractivity contribution < 1.29 is 0 Å². The second-order valence-electron chi connectivity index (χ2n) is 33.1. The maximum absolute atomic E-state index is 2.49. The Kier molecular flexibility index (Phi) is 17.2. The first kappa shape index (κ1) is 70.7. The fourth-order valence-electron chi connectivity index (χ4n) is 19.8. The van der Waals surface area contributed by atoms with Crippen molar-refractivity contribution in [3.8, 4) is 100 Å².